The van der Waals surface area contributed by atoms with Crippen molar-refractivity contribution in [3.63, 3.8) is 0 Å². The third kappa shape index (κ3) is 4.58. The van der Waals surface area contributed by atoms with Crippen molar-refractivity contribution in [1.29, 1.82) is 0 Å². The van der Waals surface area contributed by atoms with Crippen molar-refractivity contribution in [2.24, 2.45) is 0 Å². The fraction of sp³-hybridized carbons (Fsp3) is 0.278. The van der Waals surface area contributed by atoms with E-state index in [4.69, 9.17) is 0 Å². The molecule has 0 fully saturated rings. The molecule has 25 heavy (non-hydrogen) atoms. The summed E-state index contributed by atoms with van der Waals surface area (Å²) in [6.45, 7) is 2.40. The van der Waals surface area contributed by atoms with Gasteiger partial charge in [0.05, 0.1) is 10.6 Å². The summed E-state index contributed by atoms with van der Waals surface area (Å²) in [6.07, 6.45) is 0. The van der Waals surface area contributed by atoms with Crippen molar-refractivity contribution in [3.05, 3.63) is 60.2 Å². The van der Waals surface area contributed by atoms with Gasteiger partial charge in [0.15, 0.2) is 0 Å². The summed E-state index contributed by atoms with van der Waals surface area (Å²) in [4.78, 5) is 12.3. The summed E-state index contributed by atoms with van der Waals surface area (Å²) in [5.74, 6) is -0.304. The number of amides is 1. The molecule has 2 N–H and O–H groups in total. The normalized spacial score (nSPS) is 12.4. The molecule has 6 nitrogen and oxygen atoms in total. The van der Waals surface area contributed by atoms with Gasteiger partial charge in [-0.2, -0.15) is 0 Å². The molecule has 0 heterocycles. The molecule has 0 saturated heterocycles. The van der Waals surface area contributed by atoms with E-state index < -0.39 is 10.0 Å². The van der Waals surface area contributed by atoms with Crippen molar-refractivity contribution < 1.29 is 13.2 Å². The molecule has 134 valence electrons. The fourth-order valence-electron chi connectivity index (χ4n) is 2.18. The largest absolute Gasteiger partial charge is 0.350 e. The maximum absolute atomic E-state index is 12.8. The maximum atomic E-state index is 12.8. The third-order valence-corrected chi connectivity index (χ3v) is 5.72. The zero-order valence-electron chi connectivity index (χ0n) is 14.6. The Morgan fingerprint density at radius 2 is 1.80 bits per heavy atom. The zero-order chi connectivity index (χ0) is 18.4. The molecule has 1 unspecified atom stereocenters. The molecule has 0 aliphatic heterocycles. The lowest BCUT2D eigenvalue weighted by atomic mass is 10.2. The van der Waals surface area contributed by atoms with Gasteiger partial charge in [-0.1, -0.05) is 24.3 Å². The van der Waals surface area contributed by atoms with E-state index >= 15 is 0 Å². The summed E-state index contributed by atoms with van der Waals surface area (Å²) >= 11 is 0. The Bertz CT molecular complexity index is 822. The van der Waals surface area contributed by atoms with Gasteiger partial charge in [-0.15, -0.1) is 0 Å². The van der Waals surface area contributed by atoms with Crippen LogP contribution in [0, 0.1) is 0 Å². The van der Waals surface area contributed by atoms with Crippen molar-refractivity contribution in [3.8, 4) is 0 Å². The van der Waals surface area contributed by atoms with Crippen LogP contribution >= 0.6 is 0 Å². The average molecular weight is 361 g/mol. The number of hydrogen-bond donors (Lipinski definition) is 2. The lowest BCUT2D eigenvalue weighted by Gasteiger charge is -2.19. The molecule has 2 rings (SSSR count). The van der Waals surface area contributed by atoms with Gasteiger partial charge in [-0.05, 0) is 44.3 Å². The van der Waals surface area contributed by atoms with Crippen LogP contribution in [0.25, 0.3) is 0 Å². The molecule has 0 bridgehead atoms. The van der Waals surface area contributed by atoms with Crippen LogP contribution in [-0.2, 0) is 10.0 Å². The van der Waals surface area contributed by atoms with Crippen LogP contribution in [0.1, 0.15) is 17.3 Å². The molecular formula is C18H23N3O3S. The van der Waals surface area contributed by atoms with Crippen LogP contribution in [0.2, 0.25) is 0 Å². The van der Waals surface area contributed by atoms with Gasteiger partial charge in [0.2, 0.25) is 0 Å². The third-order valence-electron chi connectivity index (χ3n) is 3.94. The van der Waals surface area contributed by atoms with Crippen LogP contribution in [0.15, 0.2) is 59.5 Å². The first-order valence-corrected chi connectivity index (χ1v) is 9.39. The lowest BCUT2D eigenvalue weighted by molar-refractivity contribution is 0.0950. The molecule has 0 aromatic heterocycles. The van der Waals surface area contributed by atoms with Crippen LogP contribution < -0.4 is 14.9 Å². The highest BCUT2D eigenvalue weighted by atomic mass is 32.2. The quantitative estimate of drug-likeness (QED) is 0.789. The molecule has 7 heteroatoms. The Balaban J connectivity index is 2.24. The van der Waals surface area contributed by atoms with Gasteiger partial charge >= 0.3 is 0 Å². The SMILES string of the molecule is CNC(C)CNC(=O)c1cccc(S(=O)(=O)N(C)c2ccccc2)c1. The predicted molar refractivity (Wildman–Crippen MR) is 99.3 cm³/mol. The van der Waals surface area contributed by atoms with Gasteiger partial charge < -0.3 is 10.6 Å². The molecule has 2 aromatic rings. The van der Waals surface area contributed by atoms with E-state index in [1.165, 1.54) is 23.5 Å². The Morgan fingerprint density at radius 3 is 2.44 bits per heavy atom. The van der Waals surface area contributed by atoms with Gasteiger partial charge in [0, 0.05) is 25.2 Å². The number of rotatable bonds is 7. The Hall–Kier alpha value is -2.38. The van der Waals surface area contributed by atoms with Gasteiger partial charge in [-0.3, -0.25) is 9.10 Å². The van der Waals surface area contributed by atoms with E-state index in [1.807, 2.05) is 20.0 Å². The van der Waals surface area contributed by atoms with Crippen molar-refractivity contribution in [2.45, 2.75) is 17.9 Å². The number of anilines is 1. The highest BCUT2D eigenvalue weighted by Gasteiger charge is 2.22. The van der Waals surface area contributed by atoms with Gasteiger partial charge in [0.1, 0.15) is 0 Å². The molecule has 0 radical (unpaired) electrons. The first-order chi connectivity index (χ1) is 11.9. The fourth-order valence-corrected chi connectivity index (χ4v) is 3.42. The molecule has 1 atom stereocenters. The Labute approximate surface area is 148 Å². The Morgan fingerprint density at radius 1 is 1.12 bits per heavy atom. The number of carbonyl (C=O) groups excluding carboxylic acids is 1. The van der Waals surface area contributed by atoms with Crippen molar-refractivity contribution >= 4 is 21.6 Å². The minimum Gasteiger partial charge on any atom is -0.350 e. The molecule has 0 spiro atoms. The molecule has 0 saturated carbocycles. The van der Waals surface area contributed by atoms with Crippen LogP contribution in [0.3, 0.4) is 0 Å². The number of likely N-dealkylation sites (N-methyl/N-ethyl adjacent to an activating group) is 1. The zero-order valence-corrected chi connectivity index (χ0v) is 15.4. The van der Waals surface area contributed by atoms with E-state index in [9.17, 15) is 13.2 Å². The van der Waals surface area contributed by atoms with Crippen LogP contribution in [0.4, 0.5) is 5.69 Å². The van der Waals surface area contributed by atoms with E-state index in [0.717, 1.165) is 0 Å². The minimum absolute atomic E-state index is 0.0770. The number of hydrogen-bond acceptors (Lipinski definition) is 4. The number of para-hydroxylation sites is 1. The highest BCUT2D eigenvalue weighted by Crippen LogP contribution is 2.22. The smallest absolute Gasteiger partial charge is 0.264 e. The number of benzene rings is 2. The second-order valence-corrected chi connectivity index (χ2v) is 7.70. The Kier molecular flexibility index (Phi) is 6.17. The summed E-state index contributed by atoms with van der Waals surface area (Å²) in [6, 6.07) is 15.0. The maximum Gasteiger partial charge on any atom is 0.264 e. The van der Waals surface area contributed by atoms with Gasteiger partial charge in [-0.25, -0.2) is 8.42 Å². The van der Waals surface area contributed by atoms with Crippen molar-refractivity contribution in [2.75, 3.05) is 24.9 Å². The monoisotopic (exact) mass is 361 g/mol. The standard InChI is InChI=1S/C18H23N3O3S/c1-14(19-2)13-20-18(22)15-8-7-11-17(12-15)25(23,24)21(3)16-9-5-4-6-10-16/h4-12,14,19H,13H2,1-3H3,(H,20,22). The number of sulfonamides is 1. The summed E-state index contributed by atoms with van der Waals surface area (Å²) < 4.78 is 26.8. The predicted octanol–water partition coefficient (Wildman–Crippen LogP) is 1.85. The molecule has 1 amide bonds. The lowest BCUT2D eigenvalue weighted by Crippen LogP contribution is -2.37. The van der Waals surface area contributed by atoms with Crippen molar-refractivity contribution in [1.82, 2.24) is 10.6 Å². The molecule has 0 aliphatic carbocycles. The summed E-state index contributed by atoms with van der Waals surface area (Å²) in [7, 11) is -0.442. The second kappa shape index (κ2) is 8.13. The highest BCUT2D eigenvalue weighted by molar-refractivity contribution is 7.92. The minimum atomic E-state index is -3.74. The first kappa shape index (κ1) is 19.0. The number of nitrogens with zero attached hydrogens (tertiary/aromatic N) is 1. The van der Waals surface area contributed by atoms with E-state index in [0.29, 0.717) is 17.8 Å². The molecule has 0 aliphatic rings. The second-order valence-electron chi connectivity index (χ2n) is 5.74. The van der Waals surface area contributed by atoms with Crippen LogP contribution in [0.5, 0.6) is 0 Å². The van der Waals surface area contributed by atoms with Gasteiger partial charge in [0.25, 0.3) is 15.9 Å². The van der Waals surface area contributed by atoms with E-state index in [-0.39, 0.29) is 16.8 Å². The topological polar surface area (TPSA) is 78.5 Å². The average Bonchev–Trinajstić information content (AvgIpc) is 2.65. The molecule has 2 aromatic carbocycles. The number of carbonyl (C=O) groups is 1. The van der Waals surface area contributed by atoms with Crippen LogP contribution in [-0.4, -0.2) is 41.0 Å². The summed E-state index contributed by atoms with van der Waals surface area (Å²) in [5.41, 5.74) is 0.867. The van der Waals surface area contributed by atoms with E-state index in [2.05, 4.69) is 10.6 Å². The number of nitrogens with one attached hydrogen (secondary N) is 2. The van der Waals surface area contributed by atoms with E-state index in [1.54, 1.807) is 36.4 Å². The first-order valence-electron chi connectivity index (χ1n) is 7.95. The molecular weight excluding hydrogens is 338 g/mol. The summed E-state index contributed by atoms with van der Waals surface area (Å²) in [5, 5.41) is 5.80.